The number of hydrogen-bond acceptors (Lipinski definition) is 3. The molecule has 0 amide bonds. The van der Waals surface area contributed by atoms with Crippen molar-refractivity contribution < 1.29 is 21.9 Å². The molecule has 4 nitrogen and oxygen atoms in total. The fourth-order valence-corrected chi connectivity index (χ4v) is 3.43. The smallest absolute Gasteiger partial charge is 0.265 e. The van der Waals surface area contributed by atoms with Crippen molar-refractivity contribution in [3.05, 3.63) is 29.0 Å². The Labute approximate surface area is 108 Å². The molecule has 1 aromatic heterocycles. The molecule has 1 N–H and O–H groups in total. The molecular formula is C11H13FNO3S2+. The van der Waals surface area contributed by atoms with E-state index in [2.05, 4.69) is 0 Å². The predicted molar refractivity (Wildman–Crippen MR) is 67.7 cm³/mol. The van der Waals surface area contributed by atoms with Gasteiger partial charge in [0, 0.05) is 19.4 Å². The van der Waals surface area contributed by atoms with Crippen LogP contribution >= 0.6 is 11.3 Å². The number of nitrogens with zero attached hydrogens (tertiary/aromatic N) is 1. The van der Waals surface area contributed by atoms with Crippen molar-refractivity contribution in [1.29, 1.82) is 0 Å². The molecule has 0 saturated heterocycles. The lowest BCUT2D eigenvalue weighted by molar-refractivity contribution is -0.672. The molecule has 0 atom stereocenters. The molecule has 2 rings (SSSR count). The molecule has 0 aliphatic rings. The first kappa shape index (κ1) is 13.4. The van der Waals surface area contributed by atoms with Crippen LogP contribution in [0.25, 0.3) is 10.2 Å². The second kappa shape index (κ2) is 4.91. The van der Waals surface area contributed by atoms with Crippen LogP contribution in [0.3, 0.4) is 0 Å². The zero-order chi connectivity index (χ0) is 13.3. The Balaban J connectivity index is 2.25. The quantitative estimate of drug-likeness (QED) is 0.691. The number of benzene rings is 1. The van der Waals surface area contributed by atoms with Crippen LogP contribution in [-0.4, -0.2) is 18.7 Å². The number of fused-ring (bicyclic) bond motifs is 1. The Morgan fingerprint density at radius 1 is 1.44 bits per heavy atom. The maximum Gasteiger partial charge on any atom is 0.265 e. The van der Waals surface area contributed by atoms with Crippen LogP contribution in [0.2, 0.25) is 0 Å². The lowest BCUT2D eigenvalue weighted by Gasteiger charge is -1.96. The summed E-state index contributed by atoms with van der Waals surface area (Å²) in [5, 5.41) is 0.978. The summed E-state index contributed by atoms with van der Waals surface area (Å²) in [6.07, 6.45) is 0.327. The number of halogens is 1. The van der Waals surface area contributed by atoms with Gasteiger partial charge in [-0.2, -0.15) is 13.0 Å². The molecule has 0 spiro atoms. The van der Waals surface area contributed by atoms with Crippen molar-refractivity contribution in [3.8, 4) is 0 Å². The van der Waals surface area contributed by atoms with Gasteiger partial charge in [-0.3, -0.25) is 4.55 Å². The number of aryl methyl sites for hydroxylation is 2. The van der Waals surface area contributed by atoms with Gasteiger partial charge < -0.3 is 0 Å². The normalized spacial score (nSPS) is 12.2. The Hall–Kier alpha value is -1.05. The molecule has 0 aliphatic heterocycles. The molecule has 18 heavy (non-hydrogen) atoms. The Bertz CT molecular complexity index is 679. The summed E-state index contributed by atoms with van der Waals surface area (Å²) in [7, 11) is -3.92. The van der Waals surface area contributed by atoms with E-state index in [0.717, 1.165) is 15.2 Å². The largest absolute Gasteiger partial charge is 0.286 e. The van der Waals surface area contributed by atoms with E-state index >= 15 is 0 Å². The highest BCUT2D eigenvalue weighted by molar-refractivity contribution is 7.85. The van der Waals surface area contributed by atoms with Gasteiger partial charge in [-0.1, -0.05) is 11.3 Å². The SMILES string of the molecule is Cc1sc2cc(F)ccc2[n+]1CCCS(=O)(=O)O. The van der Waals surface area contributed by atoms with Crippen LogP contribution in [0.5, 0.6) is 0 Å². The van der Waals surface area contributed by atoms with Gasteiger partial charge >= 0.3 is 0 Å². The fourth-order valence-electron chi connectivity index (χ4n) is 1.86. The van der Waals surface area contributed by atoms with Crippen molar-refractivity contribution in [3.63, 3.8) is 0 Å². The van der Waals surface area contributed by atoms with Crippen LogP contribution in [0.4, 0.5) is 4.39 Å². The summed E-state index contributed by atoms with van der Waals surface area (Å²) in [6, 6.07) is 4.53. The minimum atomic E-state index is -3.92. The van der Waals surface area contributed by atoms with Gasteiger partial charge in [-0.15, -0.1) is 0 Å². The number of aromatic nitrogens is 1. The minimum absolute atomic E-state index is 0.266. The van der Waals surface area contributed by atoms with Gasteiger partial charge in [-0.25, -0.2) is 4.39 Å². The zero-order valence-corrected chi connectivity index (χ0v) is 11.4. The molecule has 0 fully saturated rings. The van der Waals surface area contributed by atoms with E-state index in [1.165, 1.54) is 23.5 Å². The van der Waals surface area contributed by atoms with Gasteiger partial charge in [0.2, 0.25) is 10.5 Å². The molecule has 0 unspecified atom stereocenters. The first-order valence-electron chi connectivity index (χ1n) is 5.40. The molecule has 0 bridgehead atoms. The lowest BCUT2D eigenvalue weighted by atomic mass is 10.3. The van der Waals surface area contributed by atoms with Crippen molar-refractivity contribution >= 4 is 31.7 Å². The lowest BCUT2D eigenvalue weighted by Crippen LogP contribution is -2.35. The van der Waals surface area contributed by atoms with Crippen LogP contribution in [0.15, 0.2) is 18.2 Å². The standard InChI is InChI=1S/C11H12FNO3S2/c1-8-13(5-2-6-18(14,15)16)10-4-3-9(12)7-11(10)17-8/h3-4,7H,2,5-6H2,1H3/p+1. The Kier molecular flexibility index (Phi) is 3.65. The van der Waals surface area contributed by atoms with E-state index in [9.17, 15) is 12.8 Å². The van der Waals surface area contributed by atoms with Gasteiger partial charge in [0.25, 0.3) is 10.1 Å². The average molecular weight is 290 g/mol. The number of thiazole rings is 1. The summed E-state index contributed by atoms with van der Waals surface area (Å²) < 4.78 is 45.8. The van der Waals surface area contributed by atoms with E-state index < -0.39 is 10.1 Å². The van der Waals surface area contributed by atoms with Crippen LogP contribution < -0.4 is 4.57 Å². The van der Waals surface area contributed by atoms with E-state index in [0.29, 0.717) is 13.0 Å². The van der Waals surface area contributed by atoms with Crippen LogP contribution in [0, 0.1) is 12.7 Å². The summed E-state index contributed by atoms with van der Waals surface area (Å²) in [6.45, 7) is 2.38. The monoisotopic (exact) mass is 290 g/mol. The number of rotatable bonds is 4. The van der Waals surface area contributed by atoms with Crippen molar-refractivity contribution in [2.24, 2.45) is 0 Å². The third kappa shape index (κ3) is 3.04. The molecule has 1 heterocycles. The summed E-state index contributed by atoms with van der Waals surface area (Å²) in [4.78, 5) is 0. The van der Waals surface area contributed by atoms with Gasteiger partial charge in [0.1, 0.15) is 10.5 Å². The van der Waals surface area contributed by atoms with E-state index in [1.54, 1.807) is 6.07 Å². The third-order valence-electron chi connectivity index (χ3n) is 2.63. The molecule has 98 valence electrons. The maximum absolute atomic E-state index is 13.1. The molecule has 0 radical (unpaired) electrons. The predicted octanol–water partition coefficient (Wildman–Crippen LogP) is 1.91. The molecule has 2 aromatic rings. The van der Waals surface area contributed by atoms with Crippen molar-refractivity contribution in [1.82, 2.24) is 0 Å². The van der Waals surface area contributed by atoms with E-state index in [-0.39, 0.29) is 11.6 Å². The second-order valence-corrected chi connectivity index (χ2v) is 6.83. The van der Waals surface area contributed by atoms with Gasteiger partial charge in [0.05, 0.1) is 5.75 Å². The highest BCUT2D eigenvalue weighted by Gasteiger charge is 2.18. The first-order chi connectivity index (χ1) is 8.37. The highest BCUT2D eigenvalue weighted by atomic mass is 32.2. The van der Waals surface area contributed by atoms with Gasteiger partial charge in [0.15, 0.2) is 6.54 Å². The summed E-state index contributed by atoms with van der Waals surface area (Å²) in [5.74, 6) is -0.549. The summed E-state index contributed by atoms with van der Waals surface area (Å²) >= 11 is 1.46. The molecule has 7 heteroatoms. The zero-order valence-electron chi connectivity index (χ0n) is 9.76. The third-order valence-corrected chi connectivity index (χ3v) is 4.50. The minimum Gasteiger partial charge on any atom is -0.286 e. The van der Waals surface area contributed by atoms with E-state index in [4.69, 9.17) is 4.55 Å². The Morgan fingerprint density at radius 3 is 2.83 bits per heavy atom. The average Bonchev–Trinajstić information content (AvgIpc) is 2.52. The Morgan fingerprint density at radius 2 is 2.17 bits per heavy atom. The first-order valence-corrected chi connectivity index (χ1v) is 7.83. The molecule has 0 saturated carbocycles. The van der Waals surface area contributed by atoms with Crippen molar-refractivity contribution in [2.75, 3.05) is 5.75 Å². The van der Waals surface area contributed by atoms with Crippen LogP contribution in [-0.2, 0) is 16.7 Å². The summed E-state index contributed by atoms with van der Waals surface area (Å²) in [5.41, 5.74) is 0.884. The molecule has 1 aromatic carbocycles. The van der Waals surface area contributed by atoms with Crippen molar-refractivity contribution in [2.45, 2.75) is 19.9 Å². The highest BCUT2D eigenvalue weighted by Crippen LogP contribution is 2.20. The maximum atomic E-state index is 13.1. The fraction of sp³-hybridized carbons (Fsp3) is 0.364. The number of hydrogen-bond donors (Lipinski definition) is 1. The molecular weight excluding hydrogens is 277 g/mol. The topological polar surface area (TPSA) is 58.2 Å². The molecule has 0 aliphatic carbocycles. The van der Waals surface area contributed by atoms with E-state index in [1.807, 2.05) is 11.5 Å². The van der Waals surface area contributed by atoms with Gasteiger partial charge in [-0.05, 0) is 12.1 Å². The van der Waals surface area contributed by atoms with Crippen LogP contribution in [0.1, 0.15) is 11.4 Å². The second-order valence-electron chi connectivity index (χ2n) is 4.02.